The molecule has 0 fully saturated rings. The number of hydrogen-bond acceptors (Lipinski definition) is 2. The summed E-state index contributed by atoms with van der Waals surface area (Å²) >= 11 is 5.94. The number of rotatable bonds is 5. The summed E-state index contributed by atoms with van der Waals surface area (Å²) in [6, 6.07) is 6.94. The third-order valence-electron chi connectivity index (χ3n) is 2.45. The fraction of sp³-hybridized carbons (Fsp3) is 0.200. The van der Waals surface area contributed by atoms with Crippen LogP contribution in [-0.4, -0.2) is 30.3 Å². The Kier molecular flexibility index (Phi) is 6.53. The molecule has 2 amide bonds. The van der Waals surface area contributed by atoms with Gasteiger partial charge in [-0.15, -0.1) is 0 Å². The summed E-state index contributed by atoms with van der Waals surface area (Å²) in [6.07, 6.45) is 6.59. The van der Waals surface area contributed by atoms with E-state index in [2.05, 4.69) is 5.32 Å². The Hall–Kier alpha value is -2.07. The van der Waals surface area contributed by atoms with Gasteiger partial charge in [0.05, 0.1) is 17.3 Å². The lowest BCUT2D eigenvalue weighted by molar-refractivity contribution is -0.129. The highest BCUT2D eigenvalue weighted by Crippen LogP contribution is 2.20. The van der Waals surface area contributed by atoms with Crippen molar-refractivity contribution in [2.45, 2.75) is 6.92 Å². The van der Waals surface area contributed by atoms with Crippen LogP contribution in [0.5, 0.6) is 0 Å². The quantitative estimate of drug-likeness (QED) is 0.670. The second-order valence-corrected chi connectivity index (χ2v) is 4.51. The lowest BCUT2D eigenvalue weighted by Gasteiger charge is -2.15. The zero-order valence-electron chi connectivity index (χ0n) is 11.5. The van der Waals surface area contributed by atoms with Crippen LogP contribution in [-0.2, 0) is 9.59 Å². The topological polar surface area (TPSA) is 49.4 Å². The van der Waals surface area contributed by atoms with Gasteiger partial charge in [0.25, 0.3) is 0 Å². The highest BCUT2D eigenvalue weighted by atomic mass is 35.5. The molecule has 0 aliphatic heterocycles. The molecular weight excluding hydrogens is 276 g/mol. The number of anilines is 1. The van der Waals surface area contributed by atoms with Crippen LogP contribution in [0.2, 0.25) is 5.02 Å². The molecule has 0 spiro atoms. The Morgan fingerprint density at radius 2 is 2.00 bits per heavy atom. The number of allylic oxidation sites excluding steroid dienone is 3. The van der Waals surface area contributed by atoms with Crippen LogP contribution in [0, 0.1) is 0 Å². The Morgan fingerprint density at radius 3 is 2.65 bits per heavy atom. The Balaban J connectivity index is 2.54. The van der Waals surface area contributed by atoms with E-state index >= 15 is 0 Å². The molecule has 0 saturated heterocycles. The first kappa shape index (κ1) is 16.0. The van der Waals surface area contributed by atoms with E-state index in [9.17, 15) is 9.59 Å². The van der Waals surface area contributed by atoms with Crippen LogP contribution in [0.3, 0.4) is 0 Å². The lowest BCUT2D eigenvalue weighted by Crippen LogP contribution is -2.33. The van der Waals surface area contributed by atoms with E-state index in [0.717, 1.165) is 0 Å². The number of carbonyl (C=O) groups is 2. The van der Waals surface area contributed by atoms with Crippen LogP contribution >= 0.6 is 11.6 Å². The minimum Gasteiger partial charge on any atom is -0.333 e. The molecule has 0 aliphatic rings. The maximum absolute atomic E-state index is 11.8. The molecule has 0 bridgehead atoms. The number of likely N-dealkylation sites (N-methyl/N-ethyl adjacent to an activating group) is 1. The van der Waals surface area contributed by atoms with Crippen molar-refractivity contribution in [1.82, 2.24) is 4.90 Å². The third kappa shape index (κ3) is 5.28. The van der Waals surface area contributed by atoms with Gasteiger partial charge in [-0.25, -0.2) is 0 Å². The van der Waals surface area contributed by atoms with Crippen LogP contribution in [0.4, 0.5) is 5.69 Å². The van der Waals surface area contributed by atoms with Crippen molar-refractivity contribution in [1.29, 1.82) is 0 Å². The molecule has 1 aromatic rings. The Bertz CT molecular complexity index is 538. The van der Waals surface area contributed by atoms with Gasteiger partial charge >= 0.3 is 0 Å². The van der Waals surface area contributed by atoms with E-state index in [0.29, 0.717) is 10.7 Å². The maximum Gasteiger partial charge on any atom is 0.246 e. The van der Waals surface area contributed by atoms with Crippen molar-refractivity contribution in [3.05, 3.63) is 53.6 Å². The molecule has 0 atom stereocenters. The minimum atomic E-state index is -0.298. The van der Waals surface area contributed by atoms with E-state index in [1.54, 1.807) is 43.5 Å². The van der Waals surface area contributed by atoms with Crippen molar-refractivity contribution in [3.8, 4) is 0 Å². The highest BCUT2D eigenvalue weighted by Gasteiger charge is 2.11. The van der Waals surface area contributed by atoms with Crippen LogP contribution in [0.15, 0.2) is 48.6 Å². The van der Waals surface area contributed by atoms with Crippen molar-refractivity contribution in [2.75, 3.05) is 18.9 Å². The molecule has 1 rings (SSSR count). The van der Waals surface area contributed by atoms with Gasteiger partial charge < -0.3 is 10.2 Å². The number of para-hydroxylation sites is 1. The molecular formula is C15H17ClN2O2. The first-order valence-electron chi connectivity index (χ1n) is 6.13. The summed E-state index contributed by atoms with van der Waals surface area (Å²) in [5.74, 6) is -0.536. The van der Waals surface area contributed by atoms with E-state index in [4.69, 9.17) is 11.6 Å². The number of amides is 2. The SMILES string of the molecule is CC=CC=CC(=O)N(C)CC(=O)Nc1ccccc1Cl. The van der Waals surface area contributed by atoms with Gasteiger partial charge in [-0.1, -0.05) is 42.0 Å². The predicted octanol–water partition coefficient (Wildman–Crippen LogP) is 2.87. The predicted molar refractivity (Wildman–Crippen MR) is 81.7 cm³/mol. The van der Waals surface area contributed by atoms with Gasteiger partial charge in [-0.3, -0.25) is 9.59 Å². The molecule has 106 valence electrons. The molecule has 0 saturated carbocycles. The molecule has 4 nitrogen and oxygen atoms in total. The van der Waals surface area contributed by atoms with Crippen molar-refractivity contribution >= 4 is 29.1 Å². The normalized spacial score (nSPS) is 10.9. The molecule has 0 unspecified atom stereocenters. The van der Waals surface area contributed by atoms with Crippen molar-refractivity contribution in [3.63, 3.8) is 0 Å². The van der Waals surface area contributed by atoms with Gasteiger partial charge in [-0.2, -0.15) is 0 Å². The number of benzene rings is 1. The smallest absolute Gasteiger partial charge is 0.246 e. The summed E-state index contributed by atoms with van der Waals surface area (Å²) in [7, 11) is 1.56. The number of carbonyl (C=O) groups excluding carboxylic acids is 2. The molecule has 1 N–H and O–H groups in total. The van der Waals surface area contributed by atoms with Gasteiger partial charge in [0.1, 0.15) is 0 Å². The second-order valence-electron chi connectivity index (χ2n) is 4.11. The van der Waals surface area contributed by atoms with E-state index < -0.39 is 0 Å². The third-order valence-corrected chi connectivity index (χ3v) is 2.78. The van der Waals surface area contributed by atoms with Gasteiger partial charge in [-0.05, 0) is 19.1 Å². The molecule has 5 heteroatoms. The second kappa shape index (κ2) is 8.17. The molecule has 0 radical (unpaired) electrons. The summed E-state index contributed by atoms with van der Waals surface area (Å²) in [5.41, 5.74) is 0.532. The zero-order valence-corrected chi connectivity index (χ0v) is 12.2. The molecule has 1 aromatic carbocycles. The van der Waals surface area contributed by atoms with Crippen LogP contribution in [0.1, 0.15) is 6.92 Å². The Morgan fingerprint density at radius 1 is 1.30 bits per heavy atom. The first-order valence-corrected chi connectivity index (χ1v) is 6.51. The molecule has 0 aliphatic carbocycles. The molecule has 0 heterocycles. The highest BCUT2D eigenvalue weighted by molar-refractivity contribution is 6.33. The summed E-state index contributed by atoms with van der Waals surface area (Å²) in [4.78, 5) is 24.8. The standard InChI is InChI=1S/C15H17ClN2O2/c1-3-4-5-10-15(20)18(2)11-14(19)17-13-9-7-6-8-12(13)16/h3-10H,11H2,1-2H3,(H,17,19). The van der Waals surface area contributed by atoms with E-state index in [1.807, 2.05) is 13.0 Å². The lowest BCUT2D eigenvalue weighted by atomic mass is 10.3. The van der Waals surface area contributed by atoms with Crippen molar-refractivity contribution < 1.29 is 9.59 Å². The van der Waals surface area contributed by atoms with Crippen molar-refractivity contribution in [2.24, 2.45) is 0 Å². The minimum absolute atomic E-state index is 0.0375. The average molecular weight is 293 g/mol. The average Bonchev–Trinajstić information content (AvgIpc) is 2.41. The van der Waals surface area contributed by atoms with E-state index in [1.165, 1.54) is 11.0 Å². The summed E-state index contributed by atoms with van der Waals surface area (Å²) in [6.45, 7) is 1.82. The summed E-state index contributed by atoms with van der Waals surface area (Å²) < 4.78 is 0. The molecule has 0 aromatic heterocycles. The maximum atomic E-state index is 11.8. The number of halogens is 1. The van der Waals surface area contributed by atoms with Gasteiger partial charge in [0.15, 0.2) is 0 Å². The monoisotopic (exact) mass is 292 g/mol. The largest absolute Gasteiger partial charge is 0.333 e. The van der Waals surface area contributed by atoms with Crippen LogP contribution in [0.25, 0.3) is 0 Å². The van der Waals surface area contributed by atoms with Gasteiger partial charge in [0, 0.05) is 13.1 Å². The molecule has 20 heavy (non-hydrogen) atoms. The number of nitrogens with one attached hydrogen (secondary N) is 1. The van der Waals surface area contributed by atoms with Crippen LogP contribution < -0.4 is 5.32 Å². The fourth-order valence-electron chi connectivity index (χ4n) is 1.42. The first-order chi connectivity index (χ1) is 9.54. The Labute approximate surface area is 123 Å². The van der Waals surface area contributed by atoms with E-state index in [-0.39, 0.29) is 18.4 Å². The zero-order chi connectivity index (χ0) is 15.0. The van der Waals surface area contributed by atoms with Gasteiger partial charge in [0.2, 0.25) is 11.8 Å². The number of nitrogens with zero attached hydrogens (tertiary/aromatic N) is 1. The fourth-order valence-corrected chi connectivity index (χ4v) is 1.60. The number of hydrogen-bond donors (Lipinski definition) is 1. The summed E-state index contributed by atoms with van der Waals surface area (Å²) in [5, 5.41) is 3.12.